The topological polar surface area (TPSA) is 82.1 Å². The van der Waals surface area contributed by atoms with Crippen LogP contribution in [-0.4, -0.2) is 20.0 Å². The van der Waals surface area contributed by atoms with Gasteiger partial charge in [0, 0.05) is 31.3 Å². The van der Waals surface area contributed by atoms with Gasteiger partial charge in [0.25, 0.3) is 0 Å². The summed E-state index contributed by atoms with van der Waals surface area (Å²) in [6.07, 6.45) is 0.839. The zero-order chi connectivity index (χ0) is 22.1. The molecule has 0 radical (unpaired) electrons. The maximum atomic E-state index is 12.4. The molecule has 2 heterocycles. The highest BCUT2D eigenvalue weighted by Crippen LogP contribution is 2.24. The normalized spacial score (nSPS) is 11.3. The fourth-order valence-electron chi connectivity index (χ4n) is 3.95. The lowest BCUT2D eigenvalue weighted by molar-refractivity contribution is -0.116. The van der Waals surface area contributed by atoms with Crippen LogP contribution in [0.4, 0.5) is 5.69 Å². The molecule has 7 heteroatoms. The summed E-state index contributed by atoms with van der Waals surface area (Å²) in [5.41, 5.74) is 5.03. The first-order chi connectivity index (χ1) is 15.6. The zero-order valence-corrected chi connectivity index (χ0v) is 17.6. The van der Waals surface area contributed by atoms with Crippen molar-refractivity contribution in [2.75, 3.05) is 5.32 Å². The highest BCUT2D eigenvalue weighted by molar-refractivity contribution is 5.91. The number of imidazole rings is 1. The minimum absolute atomic E-state index is 0.0960. The molecule has 1 amide bonds. The Balaban J connectivity index is 1.22. The quantitative estimate of drug-likeness (QED) is 0.431. The molecule has 0 aliphatic heterocycles. The van der Waals surface area contributed by atoms with Crippen LogP contribution in [0, 0.1) is 0 Å². The highest BCUT2D eigenvalue weighted by Gasteiger charge is 2.11. The van der Waals surface area contributed by atoms with E-state index in [0.29, 0.717) is 25.0 Å². The summed E-state index contributed by atoms with van der Waals surface area (Å²) in [6, 6.07) is 22.9. The van der Waals surface area contributed by atoms with Gasteiger partial charge in [-0.1, -0.05) is 24.3 Å². The van der Waals surface area contributed by atoms with E-state index >= 15 is 0 Å². The zero-order valence-electron chi connectivity index (χ0n) is 17.6. The molecule has 0 bridgehead atoms. The third-order valence-electron chi connectivity index (χ3n) is 5.57. The van der Waals surface area contributed by atoms with Crippen molar-refractivity contribution in [3.63, 3.8) is 0 Å². The van der Waals surface area contributed by atoms with Gasteiger partial charge in [-0.15, -0.1) is 0 Å². The van der Waals surface area contributed by atoms with Crippen molar-refractivity contribution >= 4 is 33.7 Å². The molecule has 0 atom stereocenters. The lowest BCUT2D eigenvalue weighted by Gasteiger charge is -2.07. The van der Waals surface area contributed by atoms with E-state index in [1.165, 1.54) is 0 Å². The van der Waals surface area contributed by atoms with Crippen LogP contribution in [0.5, 0.6) is 0 Å². The average molecular weight is 426 g/mol. The van der Waals surface area contributed by atoms with Gasteiger partial charge in [-0.2, -0.15) is 0 Å². The highest BCUT2D eigenvalue weighted by atomic mass is 16.4. The van der Waals surface area contributed by atoms with Crippen molar-refractivity contribution in [2.24, 2.45) is 7.05 Å². The number of carbonyl (C=O) groups is 1. The molecular formula is C25H22N4O3. The Morgan fingerprint density at radius 3 is 2.47 bits per heavy atom. The van der Waals surface area contributed by atoms with Gasteiger partial charge in [0.05, 0.1) is 16.6 Å². The summed E-state index contributed by atoms with van der Waals surface area (Å²) < 4.78 is 8.85. The van der Waals surface area contributed by atoms with Crippen LogP contribution >= 0.6 is 0 Å². The number of aromatic nitrogens is 3. The molecule has 3 aromatic carbocycles. The van der Waals surface area contributed by atoms with Crippen molar-refractivity contribution in [3.05, 3.63) is 83.3 Å². The van der Waals surface area contributed by atoms with Gasteiger partial charge in [-0.05, 0) is 55.0 Å². The lowest BCUT2D eigenvalue weighted by Crippen LogP contribution is -2.17. The summed E-state index contributed by atoms with van der Waals surface area (Å²) in [4.78, 5) is 29.1. The molecule has 2 aromatic heterocycles. The lowest BCUT2D eigenvalue weighted by atomic mass is 10.2. The first kappa shape index (κ1) is 19.8. The minimum atomic E-state index is -0.399. The van der Waals surface area contributed by atoms with Gasteiger partial charge in [-0.3, -0.25) is 9.36 Å². The Labute approximate surface area is 183 Å². The summed E-state index contributed by atoms with van der Waals surface area (Å²) in [6.45, 7) is 0.426. The van der Waals surface area contributed by atoms with Gasteiger partial charge < -0.3 is 14.3 Å². The van der Waals surface area contributed by atoms with E-state index in [1.807, 2.05) is 73.8 Å². The Kier molecular flexibility index (Phi) is 5.07. The summed E-state index contributed by atoms with van der Waals surface area (Å²) in [7, 11) is 1.99. The summed E-state index contributed by atoms with van der Waals surface area (Å²) in [5.74, 6) is 0.382. The number of nitrogens with one attached hydrogen (secondary N) is 1. The van der Waals surface area contributed by atoms with Crippen molar-refractivity contribution in [1.29, 1.82) is 0 Å². The second kappa shape index (κ2) is 8.19. The van der Waals surface area contributed by atoms with Gasteiger partial charge in [0.15, 0.2) is 5.58 Å². The molecule has 1 N–H and O–H groups in total. The molecular weight excluding hydrogens is 404 g/mol. The van der Waals surface area contributed by atoms with Gasteiger partial charge in [-0.25, -0.2) is 9.78 Å². The molecule has 7 nitrogen and oxygen atoms in total. The van der Waals surface area contributed by atoms with Crippen LogP contribution in [0.15, 0.2) is 82.0 Å². The van der Waals surface area contributed by atoms with E-state index in [-0.39, 0.29) is 5.91 Å². The van der Waals surface area contributed by atoms with Crippen LogP contribution in [-0.2, 0) is 18.4 Å². The molecule has 5 rings (SSSR count). The number of hydrogen-bond acceptors (Lipinski definition) is 4. The summed E-state index contributed by atoms with van der Waals surface area (Å²) >= 11 is 0. The molecule has 0 saturated heterocycles. The third kappa shape index (κ3) is 3.69. The number of aryl methyl sites for hydroxylation is 2. The SMILES string of the molecule is Cn1c(-c2ccc(NC(=O)CCCn3c(=O)oc4ccccc43)cc2)nc2ccccc21. The number of oxazole rings is 1. The fraction of sp³-hybridized carbons (Fsp3) is 0.160. The smallest absolute Gasteiger partial charge is 0.408 e. The number of amides is 1. The van der Waals surface area contributed by atoms with Crippen LogP contribution in [0.25, 0.3) is 33.5 Å². The van der Waals surface area contributed by atoms with Crippen LogP contribution in [0.2, 0.25) is 0 Å². The van der Waals surface area contributed by atoms with Gasteiger partial charge >= 0.3 is 5.76 Å². The number of carbonyl (C=O) groups excluding carboxylic acids is 1. The molecule has 5 aromatic rings. The van der Waals surface area contributed by atoms with Crippen molar-refractivity contribution in [3.8, 4) is 11.4 Å². The second-order valence-corrected chi connectivity index (χ2v) is 7.70. The first-order valence-electron chi connectivity index (χ1n) is 10.5. The molecule has 0 spiro atoms. The average Bonchev–Trinajstić information content (AvgIpc) is 3.31. The number of benzene rings is 3. The number of fused-ring (bicyclic) bond motifs is 2. The molecule has 32 heavy (non-hydrogen) atoms. The Bertz CT molecular complexity index is 1470. The van der Waals surface area contributed by atoms with E-state index in [4.69, 9.17) is 9.40 Å². The van der Waals surface area contributed by atoms with Crippen LogP contribution in [0.3, 0.4) is 0 Å². The molecule has 0 aliphatic rings. The predicted molar refractivity (Wildman–Crippen MR) is 124 cm³/mol. The van der Waals surface area contributed by atoms with Crippen molar-refractivity contribution in [1.82, 2.24) is 14.1 Å². The Hall–Kier alpha value is -4.13. The maximum Gasteiger partial charge on any atom is 0.419 e. The monoisotopic (exact) mass is 426 g/mol. The molecule has 0 unspecified atom stereocenters. The Morgan fingerprint density at radius 1 is 0.969 bits per heavy atom. The van der Waals surface area contributed by atoms with E-state index in [0.717, 1.165) is 33.6 Å². The third-order valence-corrected chi connectivity index (χ3v) is 5.57. The molecule has 0 fully saturated rings. The fourth-order valence-corrected chi connectivity index (χ4v) is 3.95. The maximum absolute atomic E-state index is 12.4. The van der Waals surface area contributed by atoms with Gasteiger partial charge in [0.1, 0.15) is 5.82 Å². The molecule has 160 valence electrons. The first-order valence-corrected chi connectivity index (χ1v) is 10.5. The van der Waals surface area contributed by atoms with Crippen LogP contribution < -0.4 is 11.1 Å². The van der Waals surface area contributed by atoms with E-state index in [1.54, 1.807) is 10.6 Å². The van der Waals surface area contributed by atoms with Gasteiger partial charge in [0.2, 0.25) is 5.91 Å². The van der Waals surface area contributed by atoms with E-state index in [2.05, 4.69) is 9.88 Å². The largest absolute Gasteiger partial charge is 0.419 e. The number of nitrogens with zero attached hydrogens (tertiary/aromatic N) is 3. The van der Waals surface area contributed by atoms with Crippen LogP contribution in [0.1, 0.15) is 12.8 Å². The van der Waals surface area contributed by atoms with E-state index in [9.17, 15) is 9.59 Å². The minimum Gasteiger partial charge on any atom is -0.408 e. The number of anilines is 1. The standard InChI is InChI=1S/C25H22N4O3/c1-28-20-8-3-2-7-19(20)27-24(28)17-12-14-18(15-13-17)26-23(30)11-6-16-29-21-9-4-5-10-22(21)32-25(29)31/h2-5,7-10,12-15H,6,11,16H2,1H3,(H,26,30). The molecule has 0 aliphatic carbocycles. The van der Waals surface area contributed by atoms with E-state index < -0.39 is 5.76 Å². The second-order valence-electron chi connectivity index (χ2n) is 7.70. The van der Waals surface area contributed by atoms with Crippen molar-refractivity contribution in [2.45, 2.75) is 19.4 Å². The predicted octanol–water partition coefficient (Wildman–Crippen LogP) is 4.57. The number of para-hydroxylation sites is 4. The van der Waals surface area contributed by atoms with Crippen molar-refractivity contribution < 1.29 is 9.21 Å². The molecule has 0 saturated carbocycles. The number of hydrogen-bond donors (Lipinski definition) is 1. The Morgan fingerprint density at radius 2 is 1.69 bits per heavy atom. The number of rotatable bonds is 6. The summed E-state index contributed by atoms with van der Waals surface area (Å²) in [5, 5.41) is 2.92.